The summed E-state index contributed by atoms with van der Waals surface area (Å²) in [6, 6.07) is 3.19. The van der Waals surface area contributed by atoms with Crippen LogP contribution in [0, 0.1) is 6.92 Å². The summed E-state index contributed by atoms with van der Waals surface area (Å²) >= 11 is 0. The van der Waals surface area contributed by atoms with E-state index in [0.717, 1.165) is 0 Å². The van der Waals surface area contributed by atoms with Gasteiger partial charge in [0.15, 0.2) is 11.5 Å². The van der Waals surface area contributed by atoms with Crippen molar-refractivity contribution < 1.29 is 23.8 Å². The second-order valence-corrected chi connectivity index (χ2v) is 3.81. The van der Waals surface area contributed by atoms with E-state index in [2.05, 4.69) is 0 Å². The van der Waals surface area contributed by atoms with E-state index >= 15 is 0 Å². The van der Waals surface area contributed by atoms with Gasteiger partial charge in [-0.2, -0.15) is 0 Å². The molecule has 0 unspecified atom stereocenters. The minimum absolute atomic E-state index is 0.175. The first-order valence-electron chi connectivity index (χ1n) is 5.75. The zero-order valence-corrected chi connectivity index (χ0v) is 10.3. The molecule has 0 spiro atoms. The third kappa shape index (κ3) is 2.16. The summed E-state index contributed by atoms with van der Waals surface area (Å²) in [4.78, 5) is 23.3. The van der Waals surface area contributed by atoms with Gasteiger partial charge in [0.1, 0.15) is 13.2 Å². The summed E-state index contributed by atoms with van der Waals surface area (Å²) < 4.78 is 15.5. The Morgan fingerprint density at radius 2 is 2.00 bits per heavy atom. The molecule has 0 saturated heterocycles. The van der Waals surface area contributed by atoms with Gasteiger partial charge < -0.3 is 14.2 Å². The van der Waals surface area contributed by atoms with E-state index in [1.54, 1.807) is 26.0 Å². The molecule has 1 aromatic rings. The number of benzene rings is 1. The largest absolute Gasteiger partial charge is 0.486 e. The van der Waals surface area contributed by atoms with Crippen molar-refractivity contribution in [2.24, 2.45) is 0 Å². The lowest BCUT2D eigenvalue weighted by Gasteiger charge is -2.21. The molecule has 0 atom stereocenters. The van der Waals surface area contributed by atoms with E-state index in [-0.39, 0.29) is 12.2 Å². The van der Waals surface area contributed by atoms with Crippen LogP contribution in [0.3, 0.4) is 0 Å². The molecule has 0 aliphatic carbocycles. The first kappa shape index (κ1) is 12.4. The normalized spacial score (nSPS) is 13.0. The molecule has 5 nitrogen and oxygen atoms in total. The van der Waals surface area contributed by atoms with Crippen molar-refractivity contribution in [3.63, 3.8) is 0 Å². The Labute approximate surface area is 105 Å². The van der Waals surface area contributed by atoms with E-state index in [1.807, 2.05) is 0 Å². The van der Waals surface area contributed by atoms with Gasteiger partial charge in [-0.05, 0) is 26.0 Å². The lowest BCUT2D eigenvalue weighted by atomic mass is 10.0. The minimum Gasteiger partial charge on any atom is -0.486 e. The summed E-state index contributed by atoms with van der Waals surface area (Å²) in [5, 5.41) is 0. The van der Waals surface area contributed by atoms with Crippen molar-refractivity contribution >= 4 is 11.8 Å². The van der Waals surface area contributed by atoms with Gasteiger partial charge in [-0.25, -0.2) is 4.79 Å². The van der Waals surface area contributed by atoms with Gasteiger partial charge in [0.2, 0.25) is 0 Å². The first-order chi connectivity index (χ1) is 8.65. The number of carbonyl (C=O) groups excluding carboxylic acids is 2. The van der Waals surface area contributed by atoms with Crippen LogP contribution in [0.2, 0.25) is 0 Å². The molecular weight excluding hydrogens is 236 g/mol. The zero-order chi connectivity index (χ0) is 13.1. The van der Waals surface area contributed by atoms with Crippen LogP contribution in [0.5, 0.6) is 11.5 Å². The number of esters is 1. The van der Waals surface area contributed by atoms with E-state index in [9.17, 15) is 9.59 Å². The van der Waals surface area contributed by atoms with Gasteiger partial charge in [0.25, 0.3) is 5.78 Å². The van der Waals surface area contributed by atoms with Crippen molar-refractivity contribution in [1.29, 1.82) is 0 Å². The van der Waals surface area contributed by atoms with Crippen LogP contribution in [0.1, 0.15) is 22.8 Å². The van der Waals surface area contributed by atoms with Crippen LogP contribution < -0.4 is 9.47 Å². The van der Waals surface area contributed by atoms with Gasteiger partial charge in [0, 0.05) is 11.1 Å². The molecule has 1 aliphatic heterocycles. The van der Waals surface area contributed by atoms with Crippen LogP contribution in [-0.2, 0) is 9.53 Å². The molecule has 0 saturated carbocycles. The van der Waals surface area contributed by atoms with Gasteiger partial charge in [0.05, 0.1) is 6.61 Å². The molecule has 18 heavy (non-hydrogen) atoms. The van der Waals surface area contributed by atoms with E-state index in [4.69, 9.17) is 14.2 Å². The number of fused-ring (bicyclic) bond motifs is 1. The Morgan fingerprint density at radius 3 is 2.72 bits per heavy atom. The number of ketones is 1. The standard InChI is InChI=1S/C13H14O5/c1-3-16-13(15)11(14)9-4-5-10-12(8(9)2)18-7-6-17-10/h4-5H,3,6-7H2,1-2H3. The van der Waals surface area contributed by atoms with Crippen molar-refractivity contribution in [3.8, 4) is 11.5 Å². The average molecular weight is 250 g/mol. The Morgan fingerprint density at radius 1 is 1.28 bits per heavy atom. The van der Waals surface area contributed by atoms with E-state index in [1.165, 1.54) is 0 Å². The lowest BCUT2D eigenvalue weighted by Crippen LogP contribution is -2.21. The third-order valence-electron chi connectivity index (χ3n) is 2.66. The maximum absolute atomic E-state index is 11.9. The fourth-order valence-electron chi connectivity index (χ4n) is 1.81. The smallest absolute Gasteiger partial charge is 0.379 e. The molecular formula is C13H14O5. The van der Waals surface area contributed by atoms with Crippen molar-refractivity contribution in [2.45, 2.75) is 13.8 Å². The van der Waals surface area contributed by atoms with Crippen LogP contribution in [-0.4, -0.2) is 31.6 Å². The summed E-state index contributed by atoms with van der Waals surface area (Å²) in [6.07, 6.45) is 0. The number of hydrogen-bond acceptors (Lipinski definition) is 5. The first-order valence-corrected chi connectivity index (χ1v) is 5.75. The molecule has 5 heteroatoms. The number of Topliss-reactive ketones (excluding diaryl/α,β-unsaturated/α-hetero) is 1. The maximum atomic E-state index is 11.9. The molecule has 0 N–H and O–H groups in total. The predicted octanol–water partition coefficient (Wildman–Crippen LogP) is 1.51. The zero-order valence-electron chi connectivity index (χ0n) is 10.3. The molecule has 2 rings (SSSR count). The van der Waals surface area contributed by atoms with Crippen LogP contribution >= 0.6 is 0 Å². The summed E-state index contributed by atoms with van der Waals surface area (Å²) in [7, 11) is 0. The average Bonchev–Trinajstić information content (AvgIpc) is 2.39. The van der Waals surface area contributed by atoms with E-state index < -0.39 is 11.8 Å². The molecule has 0 aromatic heterocycles. The third-order valence-corrected chi connectivity index (χ3v) is 2.66. The SMILES string of the molecule is CCOC(=O)C(=O)c1ccc2c(c1C)OCCO2. The molecule has 0 bridgehead atoms. The molecule has 1 aliphatic rings. The minimum atomic E-state index is -0.850. The van der Waals surface area contributed by atoms with Gasteiger partial charge in [-0.3, -0.25) is 4.79 Å². The highest BCUT2D eigenvalue weighted by Crippen LogP contribution is 2.35. The summed E-state index contributed by atoms with van der Waals surface area (Å²) in [5.41, 5.74) is 0.892. The molecule has 0 fully saturated rings. The maximum Gasteiger partial charge on any atom is 0.379 e. The monoisotopic (exact) mass is 250 g/mol. The van der Waals surface area contributed by atoms with Crippen LogP contribution in [0.25, 0.3) is 0 Å². The van der Waals surface area contributed by atoms with Crippen LogP contribution in [0.4, 0.5) is 0 Å². The summed E-state index contributed by atoms with van der Waals surface area (Å²) in [6.45, 7) is 4.47. The number of ether oxygens (including phenoxy) is 3. The molecule has 0 amide bonds. The Hall–Kier alpha value is -2.04. The second-order valence-electron chi connectivity index (χ2n) is 3.81. The molecule has 1 heterocycles. The molecule has 96 valence electrons. The quantitative estimate of drug-likeness (QED) is 0.462. The number of carbonyl (C=O) groups is 2. The Balaban J connectivity index is 2.35. The van der Waals surface area contributed by atoms with Crippen molar-refractivity contribution in [1.82, 2.24) is 0 Å². The predicted molar refractivity (Wildman–Crippen MR) is 63.1 cm³/mol. The van der Waals surface area contributed by atoms with Crippen molar-refractivity contribution in [3.05, 3.63) is 23.3 Å². The topological polar surface area (TPSA) is 61.8 Å². The molecule has 1 aromatic carbocycles. The fraction of sp³-hybridized carbons (Fsp3) is 0.385. The molecule has 0 radical (unpaired) electrons. The van der Waals surface area contributed by atoms with E-state index in [0.29, 0.717) is 30.3 Å². The Kier molecular flexibility index (Phi) is 3.50. The highest BCUT2D eigenvalue weighted by molar-refractivity contribution is 6.41. The highest BCUT2D eigenvalue weighted by Gasteiger charge is 2.24. The number of hydrogen-bond donors (Lipinski definition) is 0. The Bertz CT molecular complexity index is 492. The summed E-state index contributed by atoms with van der Waals surface area (Å²) in [5.74, 6) is -0.390. The number of rotatable bonds is 3. The second kappa shape index (κ2) is 5.08. The lowest BCUT2D eigenvalue weighted by molar-refractivity contribution is -0.137. The van der Waals surface area contributed by atoms with Gasteiger partial charge in [-0.15, -0.1) is 0 Å². The van der Waals surface area contributed by atoms with Gasteiger partial charge >= 0.3 is 5.97 Å². The fourth-order valence-corrected chi connectivity index (χ4v) is 1.81. The van der Waals surface area contributed by atoms with Gasteiger partial charge in [-0.1, -0.05) is 0 Å². The van der Waals surface area contributed by atoms with Crippen molar-refractivity contribution in [2.75, 3.05) is 19.8 Å². The highest BCUT2D eigenvalue weighted by atomic mass is 16.6. The van der Waals surface area contributed by atoms with Crippen LogP contribution in [0.15, 0.2) is 12.1 Å².